The van der Waals surface area contributed by atoms with Gasteiger partial charge in [-0.2, -0.15) is 0 Å². The van der Waals surface area contributed by atoms with E-state index in [1.807, 2.05) is 11.6 Å². The second kappa shape index (κ2) is 5.25. The first kappa shape index (κ1) is 13.9. The molecule has 1 nitrogen and oxygen atoms in total. The molecule has 0 fully saturated rings. The predicted octanol–water partition coefficient (Wildman–Crippen LogP) is 3.34. The van der Waals surface area contributed by atoms with Crippen molar-refractivity contribution in [2.45, 2.75) is 4.90 Å². The summed E-state index contributed by atoms with van der Waals surface area (Å²) in [4.78, 5) is 1.36. The van der Waals surface area contributed by atoms with E-state index < -0.39 is 5.56 Å². The van der Waals surface area contributed by atoms with Crippen LogP contribution in [-0.4, -0.2) is 5.56 Å². The highest BCUT2D eigenvalue weighted by molar-refractivity contribution is 8.31. The number of hydrogen-bond acceptors (Lipinski definition) is 1. The fourth-order valence-corrected chi connectivity index (χ4v) is 5.72. The summed E-state index contributed by atoms with van der Waals surface area (Å²) in [5.74, 6) is 0. The van der Waals surface area contributed by atoms with Gasteiger partial charge < -0.3 is 4.48 Å². The van der Waals surface area contributed by atoms with E-state index in [0.29, 0.717) is 0 Å². The van der Waals surface area contributed by atoms with Gasteiger partial charge in [0.1, 0.15) is 6.20 Å². The van der Waals surface area contributed by atoms with Crippen LogP contribution in [-0.2, 0) is 0 Å². The predicted molar refractivity (Wildman–Crippen MR) is 103 cm³/mol. The molecule has 1 aliphatic heterocycles. The number of para-hydroxylation sites is 1. The lowest BCUT2D eigenvalue weighted by Gasteiger charge is -2.31. The highest BCUT2D eigenvalue weighted by Crippen LogP contribution is 2.37. The molecule has 3 aromatic carbocycles. The molecule has 2 heterocycles. The first-order valence-electron chi connectivity index (χ1n) is 8.28. The molecule has 0 atom stereocenters. The van der Waals surface area contributed by atoms with Crippen molar-refractivity contribution in [2.75, 3.05) is 0 Å². The monoisotopic (exact) mass is 325 g/mol. The Bertz CT molecular complexity index is 987. The first-order valence-corrected chi connectivity index (χ1v) is 9.16. The van der Waals surface area contributed by atoms with Crippen molar-refractivity contribution >= 4 is 39.0 Å². The summed E-state index contributed by atoms with van der Waals surface area (Å²) in [7, 11) is 0. The Morgan fingerprint density at radius 1 is 0.625 bits per heavy atom. The molecule has 4 aromatic rings. The summed E-state index contributed by atoms with van der Waals surface area (Å²) >= 11 is 1.99. The largest absolute Gasteiger partial charge is 0.401 e. The fourth-order valence-electron chi connectivity index (χ4n) is 3.98. The van der Waals surface area contributed by atoms with Crippen molar-refractivity contribution in [1.29, 1.82) is 0 Å². The van der Waals surface area contributed by atoms with Gasteiger partial charge in [-0.25, -0.2) is 11.6 Å². The summed E-state index contributed by atoms with van der Waals surface area (Å²) in [5.41, 5.74) is 2.96. The van der Waals surface area contributed by atoms with Crippen LogP contribution in [0, 0.1) is 0 Å². The van der Waals surface area contributed by atoms with E-state index in [1.54, 1.807) is 0 Å². The van der Waals surface area contributed by atoms with Gasteiger partial charge in [0.15, 0.2) is 5.52 Å². The van der Waals surface area contributed by atoms with Crippen LogP contribution in [0.15, 0.2) is 102 Å². The van der Waals surface area contributed by atoms with E-state index in [-0.39, 0.29) is 0 Å². The van der Waals surface area contributed by atoms with E-state index >= 15 is 0 Å². The summed E-state index contributed by atoms with van der Waals surface area (Å²) in [6.45, 7) is 0. The van der Waals surface area contributed by atoms with Gasteiger partial charge in [-0.15, -0.1) is 10.9 Å². The highest BCUT2D eigenvalue weighted by atomic mass is 32.2. The van der Waals surface area contributed by atoms with Crippen molar-refractivity contribution in [2.24, 2.45) is 0 Å². The van der Waals surface area contributed by atoms with Gasteiger partial charge in [-0.1, -0.05) is 66.7 Å². The quantitative estimate of drug-likeness (QED) is 0.511. The van der Waals surface area contributed by atoms with E-state index in [0.717, 1.165) is 0 Å². The molecular weight excluding hydrogens is 309 g/mol. The van der Waals surface area contributed by atoms with Crippen molar-refractivity contribution in [3.63, 3.8) is 0 Å². The van der Waals surface area contributed by atoms with Crippen LogP contribution in [0.1, 0.15) is 0 Å². The van der Waals surface area contributed by atoms with E-state index in [4.69, 9.17) is 0 Å². The maximum Gasteiger partial charge on any atom is 0.392 e. The molecule has 0 N–H and O–H groups in total. The Kier molecular flexibility index (Phi) is 3.04. The molecule has 0 amide bonds. The topological polar surface area (TPSA) is 3.88 Å². The molecule has 114 valence electrons. The molecule has 1 aliphatic rings. The lowest BCUT2D eigenvalue weighted by atomic mass is 9.48. The lowest BCUT2D eigenvalue weighted by molar-refractivity contribution is -0.505. The van der Waals surface area contributed by atoms with Crippen LogP contribution >= 0.6 is 11.6 Å². The van der Waals surface area contributed by atoms with Gasteiger partial charge in [0.2, 0.25) is 0 Å². The molecule has 5 rings (SSSR count). The van der Waals surface area contributed by atoms with Crippen molar-refractivity contribution in [3.8, 4) is 0 Å². The molecule has 0 saturated heterocycles. The number of rotatable bonds is 2. The Balaban J connectivity index is 1.91. The third-order valence-corrected chi connectivity index (χ3v) is 6.70. The smallest absolute Gasteiger partial charge is 0.392 e. The number of aromatic nitrogens is 1. The normalized spacial score (nSPS) is 14.8. The van der Waals surface area contributed by atoms with Gasteiger partial charge in [-0.3, -0.25) is 0 Å². The summed E-state index contributed by atoms with van der Waals surface area (Å²) in [5, 5.41) is 1.30. The zero-order valence-corrected chi connectivity index (χ0v) is 14.0. The summed E-state index contributed by atoms with van der Waals surface area (Å²) in [6.07, 6.45) is 2.24. The second-order valence-corrected chi connectivity index (χ2v) is 7.65. The molecule has 0 unspecified atom stereocenters. The summed E-state index contributed by atoms with van der Waals surface area (Å²) < 4.78 is 2.50. The van der Waals surface area contributed by atoms with Crippen LogP contribution < -0.4 is 15.4 Å². The lowest BCUT2D eigenvalue weighted by Crippen LogP contribution is -2.74. The molecule has 0 spiro atoms. The van der Waals surface area contributed by atoms with Gasteiger partial charge in [0, 0.05) is 10.3 Å². The molecule has 0 bridgehead atoms. The molecule has 0 saturated carbocycles. The molecular formula is C21H16BNS. The maximum atomic E-state index is 2.50. The second-order valence-electron chi connectivity index (χ2n) is 6.29. The third-order valence-electron chi connectivity index (χ3n) is 5.00. The van der Waals surface area contributed by atoms with Gasteiger partial charge >= 0.3 is 5.56 Å². The molecule has 24 heavy (non-hydrogen) atoms. The minimum absolute atomic E-state index is 1.11. The van der Waals surface area contributed by atoms with Crippen molar-refractivity contribution in [1.82, 2.24) is 0 Å². The van der Waals surface area contributed by atoms with Gasteiger partial charge in [0.05, 0.1) is 0 Å². The standard InChI is InChI=1S/C21H16BNS/c1-3-11-18(12-4-1)22(19-13-5-2-6-14-19)23-16-8-10-17-9-7-15-20(24-22)21(17)23/h1-16H. The third kappa shape index (κ3) is 1.82. The average Bonchev–Trinajstić information content (AvgIpc) is 3.01. The first-order chi connectivity index (χ1) is 11.9. The average molecular weight is 325 g/mol. The van der Waals surface area contributed by atoms with Crippen LogP contribution in [0.5, 0.6) is 0 Å². The van der Waals surface area contributed by atoms with E-state index in [1.165, 1.54) is 26.7 Å². The highest BCUT2D eigenvalue weighted by Gasteiger charge is 2.47. The van der Waals surface area contributed by atoms with Crippen molar-refractivity contribution in [3.05, 3.63) is 97.2 Å². The zero-order valence-electron chi connectivity index (χ0n) is 13.2. The van der Waals surface area contributed by atoms with Gasteiger partial charge in [0.25, 0.3) is 0 Å². The Hall–Kier alpha value is -2.52. The van der Waals surface area contributed by atoms with Crippen LogP contribution in [0.2, 0.25) is 0 Å². The number of benzene rings is 3. The van der Waals surface area contributed by atoms with Crippen LogP contribution in [0.3, 0.4) is 0 Å². The van der Waals surface area contributed by atoms with Gasteiger partial charge in [-0.05, 0) is 24.3 Å². The molecule has 3 heteroatoms. The van der Waals surface area contributed by atoms with Crippen molar-refractivity contribution < 1.29 is 4.48 Å². The fraction of sp³-hybridized carbons (Fsp3) is 0. The SMILES string of the molecule is c1ccc([B-]2(c3ccccc3)Sc3cccc4ccc[n+]2c34)cc1. The molecule has 0 radical (unpaired) electrons. The van der Waals surface area contributed by atoms with Crippen LogP contribution in [0.4, 0.5) is 0 Å². The van der Waals surface area contributed by atoms with Crippen LogP contribution in [0.25, 0.3) is 10.9 Å². The molecule has 1 aromatic heterocycles. The van der Waals surface area contributed by atoms with E-state index in [2.05, 4.69) is 102 Å². The number of hydrogen-bond donors (Lipinski definition) is 0. The maximum absolute atomic E-state index is 2.50. The minimum atomic E-state index is -1.11. The zero-order chi connectivity index (χ0) is 16.0. The molecule has 0 aliphatic carbocycles. The Labute approximate surface area is 145 Å². The summed E-state index contributed by atoms with van der Waals surface area (Å²) in [6, 6.07) is 32.8. The number of pyridine rings is 1. The Morgan fingerprint density at radius 2 is 1.25 bits per heavy atom. The van der Waals surface area contributed by atoms with E-state index in [9.17, 15) is 0 Å². The Morgan fingerprint density at radius 3 is 1.92 bits per heavy atom. The minimum Gasteiger partial charge on any atom is -0.401 e. The number of nitrogens with zero attached hydrogens (tertiary/aromatic N) is 1.